The van der Waals surface area contributed by atoms with Crippen molar-refractivity contribution in [1.82, 2.24) is 0 Å². The second-order valence-electron chi connectivity index (χ2n) is 6.39. The van der Waals surface area contributed by atoms with E-state index in [0.717, 1.165) is 12.0 Å². The van der Waals surface area contributed by atoms with Gasteiger partial charge in [0, 0.05) is 5.92 Å². The van der Waals surface area contributed by atoms with Gasteiger partial charge in [0.2, 0.25) is 0 Å². The zero-order valence-electron chi connectivity index (χ0n) is 14.2. The van der Waals surface area contributed by atoms with Gasteiger partial charge in [-0.05, 0) is 40.5 Å². The van der Waals surface area contributed by atoms with Gasteiger partial charge in [-0.1, -0.05) is 80.8 Å². The zero-order chi connectivity index (χ0) is 16.8. The molecule has 0 aliphatic carbocycles. The number of nitrogens with zero attached hydrogens (tertiary/aromatic N) is 1. The SMILES string of the molecule is CCCCCC(c1ccc(C#N)cc1)c1ccc2ccccc2c1. The highest BCUT2D eigenvalue weighted by molar-refractivity contribution is 5.83. The molecule has 0 heterocycles. The van der Waals surface area contributed by atoms with Crippen LogP contribution >= 0.6 is 0 Å². The molecule has 0 fully saturated rings. The van der Waals surface area contributed by atoms with Gasteiger partial charge in [-0.2, -0.15) is 5.26 Å². The van der Waals surface area contributed by atoms with Gasteiger partial charge in [-0.3, -0.25) is 0 Å². The Balaban J connectivity index is 1.96. The molecule has 1 unspecified atom stereocenters. The molecule has 0 spiro atoms. The van der Waals surface area contributed by atoms with Gasteiger partial charge in [0.1, 0.15) is 0 Å². The molecule has 3 aromatic rings. The van der Waals surface area contributed by atoms with Crippen molar-refractivity contribution in [3.05, 3.63) is 83.4 Å². The summed E-state index contributed by atoms with van der Waals surface area (Å²) < 4.78 is 0. The number of nitriles is 1. The summed E-state index contributed by atoms with van der Waals surface area (Å²) in [6.07, 6.45) is 4.88. The molecule has 0 bridgehead atoms. The van der Waals surface area contributed by atoms with Crippen LogP contribution in [0.2, 0.25) is 0 Å². The maximum atomic E-state index is 9.03. The highest BCUT2D eigenvalue weighted by atomic mass is 14.2. The van der Waals surface area contributed by atoms with E-state index >= 15 is 0 Å². The van der Waals surface area contributed by atoms with E-state index in [1.54, 1.807) is 0 Å². The van der Waals surface area contributed by atoms with Crippen LogP contribution < -0.4 is 0 Å². The Morgan fingerprint density at radius 1 is 0.833 bits per heavy atom. The van der Waals surface area contributed by atoms with Crippen molar-refractivity contribution in [2.45, 2.75) is 38.5 Å². The highest BCUT2D eigenvalue weighted by Crippen LogP contribution is 2.32. The summed E-state index contributed by atoms with van der Waals surface area (Å²) in [7, 11) is 0. The predicted octanol–water partition coefficient (Wildman–Crippen LogP) is 6.42. The van der Waals surface area contributed by atoms with Gasteiger partial charge in [-0.15, -0.1) is 0 Å². The molecule has 0 saturated heterocycles. The third-order valence-electron chi connectivity index (χ3n) is 4.71. The molecule has 0 aliphatic heterocycles. The summed E-state index contributed by atoms with van der Waals surface area (Å²) in [5.74, 6) is 0.397. The fourth-order valence-corrected chi connectivity index (χ4v) is 3.34. The number of fused-ring (bicyclic) bond motifs is 1. The van der Waals surface area contributed by atoms with Crippen LogP contribution in [-0.2, 0) is 0 Å². The first kappa shape index (κ1) is 16.3. The van der Waals surface area contributed by atoms with Gasteiger partial charge >= 0.3 is 0 Å². The molecule has 1 atom stereocenters. The van der Waals surface area contributed by atoms with Gasteiger partial charge in [0.15, 0.2) is 0 Å². The molecule has 24 heavy (non-hydrogen) atoms. The number of benzene rings is 3. The summed E-state index contributed by atoms with van der Waals surface area (Å²) in [6.45, 7) is 2.24. The minimum Gasteiger partial charge on any atom is -0.192 e. The summed E-state index contributed by atoms with van der Waals surface area (Å²) in [6, 6.07) is 25.6. The Bertz CT molecular complexity index is 840. The molecule has 0 saturated carbocycles. The molecule has 120 valence electrons. The maximum absolute atomic E-state index is 9.03. The van der Waals surface area contributed by atoms with E-state index in [1.807, 2.05) is 12.1 Å². The Morgan fingerprint density at radius 3 is 2.25 bits per heavy atom. The third-order valence-corrected chi connectivity index (χ3v) is 4.71. The van der Waals surface area contributed by atoms with Crippen molar-refractivity contribution in [1.29, 1.82) is 5.26 Å². The number of hydrogen-bond donors (Lipinski definition) is 0. The molecule has 3 aromatic carbocycles. The van der Waals surface area contributed by atoms with E-state index in [9.17, 15) is 0 Å². The lowest BCUT2D eigenvalue weighted by Gasteiger charge is -2.19. The first-order chi connectivity index (χ1) is 11.8. The van der Waals surface area contributed by atoms with Crippen molar-refractivity contribution in [3.8, 4) is 6.07 Å². The van der Waals surface area contributed by atoms with Crippen molar-refractivity contribution >= 4 is 10.8 Å². The van der Waals surface area contributed by atoms with Crippen LogP contribution in [-0.4, -0.2) is 0 Å². The van der Waals surface area contributed by atoms with Crippen LogP contribution in [0.15, 0.2) is 66.7 Å². The summed E-state index contributed by atoms with van der Waals surface area (Å²) in [4.78, 5) is 0. The topological polar surface area (TPSA) is 23.8 Å². The Hall–Kier alpha value is -2.59. The quantitative estimate of drug-likeness (QED) is 0.481. The molecule has 3 rings (SSSR count). The molecular weight excluding hydrogens is 290 g/mol. The Morgan fingerprint density at radius 2 is 1.54 bits per heavy atom. The van der Waals surface area contributed by atoms with E-state index < -0.39 is 0 Å². The lowest BCUT2D eigenvalue weighted by molar-refractivity contribution is 0.619. The minimum absolute atomic E-state index is 0.397. The molecule has 0 N–H and O–H groups in total. The van der Waals surface area contributed by atoms with Crippen LogP contribution in [0, 0.1) is 11.3 Å². The molecule has 0 amide bonds. The standard InChI is InChI=1S/C23H23N/c1-2-3-4-9-23(20-12-10-18(17-24)11-13-20)22-15-14-19-7-5-6-8-21(19)16-22/h5-8,10-16,23H,2-4,9H2,1H3. The highest BCUT2D eigenvalue weighted by Gasteiger charge is 2.14. The van der Waals surface area contributed by atoms with Gasteiger partial charge in [0.25, 0.3) is 0 Å². The molecular formula is C23H23N. The zero-order valence-corrected chi connectivity index (χ0v) is 14.2. The Kier molecular flexibility index (Phi) is 5.29. The Labute approximate surface area is 144 Å². The number of unbranched alkanes of at least 4 members (excludes halogenated alkanes) is 2. The van der Waals surface area contributed by atoms with E-state index in [2.05, 4.69) is 67.6 Å². The average molecular weight is 313 g/mol. The van der Waals surface area contributed by atoms with E-state index in [4.69, 9.17) is 5.26 Å². The average Bonchev–Trinajstić information content (AvgIpc) is 2.65. The van der Waals surface area contributed by atoms with Crippen molar-refractivity contribution in [2.24, 2.45) is 0 Å². The summed E-state index contributed by atoms with van der Waals surface area (Å²) >= 11 is 0. The van der Waals surface area contributed by atoms with Crippen LogP contribution in [0.1, 0.15) is 55.2 Å². The maximum Gasteiger partial charge on any atom is 0.0991 e. The fourth-order valence-electron chi connectivity index (χ4n) is 3.34. The summed E-state index contributed by atoms with van der Waals surface area (Å²) in [5.41, 5.74) is 3.40. The lowest BCUT2D eigenvalue weighted by atomic mass is 9.85. The van der Waals surface area contributed by atoms with Crippen LogP contribution in [0.4, 0.5) is 0 Å². The molecule has 1 nitrogen and oxygen atoms in total. The fraction of sp³-hybridized carbons (Fsp3) is 0.261. The minimum atomic E-state index is 0.397. The van der Waals surface area contributed by atoms with Gasteiger partial charge in [0.05, 0.1) is 11.6 Å². The number of hydrogen-bond acceptors (Lipinski definition) is 1. The molecule has 0 radical (unpaired) electrons. The van der Waals surface area contributed by atoms with Gasteiger partial charge < -0.3 is 0 Å². The van der Waals surface area contributed by atoms with Crippen LogP contribution in [0.5, 0.6) is 0 Å². The van der Waals surface area contributed by atoms with E-state index in [-0.39, 0.29) is 0 Å². The molecule has 1 heteroatoms. The van der Waals surface area contributed by atoms with Crippen molar-refractivity contribution < 1.29 is 0 Å². The molecule has 0 aromatic heterocycles. The second kappa shape index (κ2) is 7.79. The summed E-state index contributed by atoms with van der Waals surface area (Å²) in [5, 5.41) is 11.6. The molecule has 0 aliphatic rings. The second-order valence-corrected chi connectivity index (χ2v) is 6.39. The largest absolute Gasteiger partial charge is 0.192 e. The van der Waals surface area contributed by atoms with E-state index in [1.165, 1.54) is 41.2 Å². The van der Waals surface area contributed by atoms with Crippen LogP contribution in [0.25, 0.3) is 10.8 Å². The predicted molar refractivity (Wildman–Crippen MR) is 101 cm³/mol. The van der Waals surface area contributed by atoms with E-state index in [0.29, 0.717) is 5.92 Å². The smallest absolute Gasteiger partial charge is 0.0991 e. The van der Waals surface area contributed by atoms with Gasteiger partial charge in [-0.25, -0.2) is 0 Å². The third kappa shape index (κ3) is 3.66. The first-order valence-corrected chi connectivity index (χ1v) is 8.80. The van der Waals surface area contributed by atoms with Crippen LogP contribution in [0.3, 0.4) is 0 Å². The van der Waals surface area contributed by atoms with Crippen molar-refractivity contribution in [3.63, 3.8) is 0 Å². The normalized spacial score (nSPS) is 12.0. The van der Waals surface area contributed by atoms with Crippen molar-refractivity contribution in [2.75, 3.05) is 0 Å². The monoisotopic (exact) mass is 313 g/mol. The number of rotatable bonds is 6. The lowest BCUT2D eigenvalue weighted by Crippen LogP contribution is -2.02. The first-order valence-electron chi connectivity index (χ1n) is 8.80.